The lowest BCUT2D eigenvalue weighted by atomic mass is 10.0. The van der Waals surface area contributed by atoms with Crippen molar-refractivity contribution in [1.29, 1.82) is 0 Å². The molecule has 0 heterocycles. The van der Waals surface area contributed by atoms with Gasteiger partial charge in [-0.3, -0.25) is 37.3 Å². The van der Waals surface area contributed by atoms with E-state index in [1.165, 1.54) is 205 Å². The first-order valence-electron chi connectivity index (χ1n) is 38.1. The van der Waals surface area contributed by atoms with E-state index in [1.54, 1.807) is 0 Å². The SMILES string of the molecule is CCCCCCCCCCCCCCCCCC(=O)OC[C@H](COP(=O)(O)OC[C@@H](O)COP(=O)(O)OC[C@@H](COC(=O)CCCCCCCCCCCCC)OC(=O)CCCCCCCCCCCCC)OC(=O)CCCCCCCCCCCCCCC(C)C. The van der Waals surface area contributed by atoms with Gasteiger partial charge in [0, 0.05) is 25.7 Å². The minimum Gasteiger partial charge on any atom is -0.462 e. The number of aliphatic hydroxyl groups excluding tert-OH is 1. The lowest BCUT2D eigenvalue weighted by molar-refractivity contribution is -0.161. The van der Waals surface area contributed by atoms with Crippen LogP contribution in [0.1, 0.15) is 381 Å². The van der Waals surface area contributed by atoms with Gasteiger partial charge in [0.25, 0.3) is 0 Å². The summed E-state index contributed by atoms with van der Waals surface area (Å²) in [4.78, 5) is 72.7. The molecule has 0 rings (SSSR count). The summed E-state index contributed by atoms with van der Waals surface area (Å²) >= 11 is 0. The highest BCUT2D eigenvalue weighted by atomic mass is 31.2. The Balaban J connectivity index is 5.24. The van der Waals surface area contributed by atoms with Crippen LogP contribution in [0.5, 0.6) is 0 Å². The number of rotatable bonds is 73. The summed E-state index contributed by atoms with van der Waals surface area (Å²) in [5, 5.41) is 10.6. The van der Waals surface area contributed by atoms with Crippen molar-refractivity contribution < 1.29 is 80.2 Å². The molecule has 0 saturated carbocycles. The average Bonchev–Trinajstić information content (AvgIpc) is 2.11. The summed E-state index contributed by atoms with van der Waals surface area (Å²) in [6, 6.07) is 0. The number of hydrogen-bond acceptors (Lipinski definition) is 15. The predicted molar refractivity (Wildman–Crippen MR) is 372 cm³/mol. The van der Waals surface area contributed by atoms with Crippen molar-refractivity contribution in [3.63, 3.8) is 0 Å². The van der Waals surface area contributed by atoms with Crippen LogP contribution in [0.15, 0.2) is 0 Å². The van der Waals surface area contributed by atoms with E-state index in [1.807, 2.05) is 0 Å². The predicted octanol–water partition coefficient (Wildman–Crippen LogP) is 21.3. The number of phosphoric acid groups is 2. The number of aliphatic hydroxyl groups is 1. The Morgan fingerprint density at radius 3 is 0.739 bits per heavy atom. The highest BCUT2D eigenvalue weighted by Gasteiger charge is 2.30. The van der Waals surface area contributed by atoms with Crippen LogP contribution in [-0.2, 0) is 65.4 Å². The van der Waals surface area contributed by atoms with E-state index in [2.05, 4.69) is 34.6 Å². The fourth-order valence-corrected chi connectivity index (χ4v) is 12.8. The molecule has 0 aliphatic heterocycles. The Labute approximate surface area is 562 Å². The van der Waals surface area contributed by atoms with Gasteiger partial charge in [-0.15, -0.1) is 0 Å². The fraction of sp³-hybridized carbons (Fsp3) is 0.945. The zero-order valence-corrected chi connectivity index (χ0v) is 61.5. The average molecular weight is 1350 g/mol. The van der Waals surface area contributed by atoms with Crippen molar-refractivity contribution in [1.82, 2.24) is 0 Å². The third-order valence-electron chi connectivity index (χ3n) is 17.0. The van der Waals surface area contributed by atoms with E-state index in [0.29, 0.717) is 25.7 Å². The molecule has 3 N–H and O–H groups in total. The van der Waals surface area contributed by atoms with Crippen molar-refractivity contribution in [2.24, 2.45) is 5.92 Å². The van der Waals surface area contributed by atoms with Gasteiger partial charge in [0.05, 0.1) is 26.4 Å². The summed E-state index contributed by atoms with van der Waals surface area (Å²) in [7, 11) is -9.90. The van der Waals surface area contributed by atoms with Gasteiger partial charge in [-0.05, 0) is 31.6 Å². The Bertz CT molecular complexity index is 1770. The molecule has 0 radical (unpaired) electrons. The van der Waals surface area contributed by atoms with Gasteiger partial charge < -0.3 is 33.8 Å². The first-order chi connectivity index (χ1) is 44.5. The highest BCUT2D eigenvalue weighted by Crippen LogP contribution is 2.45. The van der Waals surface area contributed by atoms with Crippen LogP contribution >= 0.6 is 15.6 Å². The van der Waals surface area contributed by atoms with Gasteiger partial charge >= 0.3 is 39.5 Å². The fourth-order valence-electron chi connectivity index (χ4n) is 11.2. The maximum absolute atomic E-state index is 13.1. The maximum atomic E-state index is 13.1. The number of carbonyl (C=O) groups is 4. The van der Waals surface area contributed by atoms with E-state index in [9.17, 15) is 43.2 Å². The molecule has 0 fully saturated rings. The molecule has 546 valence electrons. The number of phosphoric ester groups is 2. The minimum atomic E-state index is -4.95. The van der Waals surface area contributed by atoms with E-state index >= 15 is 0 Å². The summed E-state index contributed by atoms with van der Waals surface area (Å²) in [5.41, 5.74) is 0. The molecular formula is C73H142O17P2. The number of hydrogen-bond donors (Lipinski definition) is 3. The lowest BCUT2D eigenvalue weighted by Gasteiger charge is -2.21. The van der Waals surface area contributed by atoms with Crippen molar-refractivity contribution in [3.8, 4) is 0 Å². The van der Waals surface area contributed by atoms with Crippen LogP contribution in [-0.4, -0.2) is 96.7 Å². The van der Waals surface area contributed by atoms with E-state index in [-0.39, 0.29) is 25.7 Å². The van der Waals surface area contributed by atoms with Crippen molar-refractivity contribution >= 4 is 39.5 Å². The Morgan fingerprint density at radius 1 is 0.293 bits per heavy atom. The van der Waals surface area contributed by atoms with Crippen molar-refractivity contribution in [2.75, 3.05) is 39.6 Å². The highest BCUT2D eigenvalue weighted by molar-refractivity contribution is 7.47. The van der Waals surface area contributed by atoms with Crippen LogP contribution in [0, 0.1) is 5.92 Å². The van der Waals surface area contributed by atoms with E-state index < -0.39 is 97.5 Å². The molecule has 0 aliphatic carbocycles. The van der Waals surface area contributed by atoms with Gasteiger partial charge in [-0.2, -0.15) is 0 Å². The lowest BCUT2D eigenvalue weighted by Crippen LogP contribution is -2.30. The summed E-state index contributed by atoms with van der Waals surface area (Å²) < 4.78 is 68.4. The zero-order chi connectivity index (χ0) is 67.7. The molecule has 0 aromatic carbocycles. The quantitative estimate of drug-likeness (QED) is 0.0222. The van der Waals surface area contributed by atoms with E-state index in [0.717, 1.165) is 95.8 Å². The molecule has 0 bridgehead atoms. The maximum Gasteiger partial charge on any atom is 0.472 e. The molecule has 17 nitrogen and oxygen atoms in total. The standard InChI is InChI=1S/C73H142O17P2/c1-6-9-12-15-18-21-24-25-26-27-33-37-42-47-52-57-71(76)84-63-69(90-73(78)59-54-49-44-39-34-29-28-32-35-40-45-50-55-66(4)5)65-88-92(81,82)86-61-67(74)60-85-91(79,80)87-64-68(89-72(77)58-53-48-43-38-31-23-20-17-14-11-8-3)62-83-70(75)56-51-46-41-36-30-22-19-16-13-10-7-2/h66-69,74H,6-65H2,1-5H3,(H,79,80)(H,81,82)/t67-,68+,69+/m0/s1. The molecule has 0 aromatic heterocycles. The van der Waals surface area contributed by atoms with E-state index in [4.69, 9.17) is 37.0 Å². The van der Waals surface area contributed by atoms with Crippen LogP contribution in [0.4, 0.5) is 0 Å². The van der Waals surface area contributed by atoms with Crippen molar-refractivity contribution in [3.05, 3.63) is 0 Å². The molecule has 0 saturated heterocycles. The zero-order valence-electron chi connectivity index (χ0n) is 59.7. The molecular weight excluding hydrogens is 1210 g/mol. The second kappa shape index (κ2) is 66.3. The third kappa shape index (κ3) is 66.7. The first-order valence-corrected chi connectivity index (χ1v) is 41.1. The van der Waals surface area contributed by atoms with Crippen LogP contribution in [0.2, 0.25) is 0 Å². The van der Waals surface area contributed by atoms with Gasteiger partial charge in [0.2, 0.25) is 0 Å². The third-order valence-corrected chi connectivity index (χ3v) is 18.9. The van der Waals surface area contributed by atoms with Crippen molar-refractivity contribution in [2.45, 2.75) is 400 Å². The monoisotopic (exact) mass is 1350 g/mol. The van der Waals surface area contributed by atoms with Gasteiger partial charge in [0.15, 0.2) is 12.2 Å². The molecule has 0 amide bonds. The molecule has 2 unspecified atom stereocenters. The molecule has 5 atom stereocenters. The van der Waals surface area contributed by atoms with Crippen LogP contribution in [0.25, 0.3) is 0 Å². The summed E-state index contributed by atoms with van der Waals surface area (Å²) in [5.74, 6) is -1.34. The normalized spacial score (nSPS) is 14.0. The van der Waals surface area contributed by atoms with Crippen LogP contribution < -0.4 is 0 Å². The molecule has 0 aromatic rings. The van der Waals surface area contributed by atoms with Crippen LogP contribution in [0.3, 0.4) is 0 Å². The Kier molecular flexibility index (Phi) is 64.9. The second-order valence-electron chi connectivity index (χ2n) is 26.8. The van der Waals surface area contributed by atoms with Gasteiger partial charge in [-0.25, -0.2) is 9.13 Å². The number of carbonyl (C=O) groups excluding carboxylic acids is 4. The first kappa shape index (κ1) is 90.1. The number of unbranched alkanes of at least 4 members (excludes halogenated alkanes) is 45. The molecule has 0 spiro atoms. The Morgan fingerprint density at radius 2 is 0.500 bits per heavy atom. The number of esters is 4. The largest absolute Gasteiger partial charge is 0.472 e. The molecule has 0 aliphatic rings. The summed E-state index contributed by atoms with van der Waals surface area (Å²) in [6.45, 7) is 7.28. The Hall–Kier alpha value is -1.94. The molecule has 92 heavy (non-hydrogen) atoms. The van der Waals surface area contributed by atoms with Gasteiger partial charge in [-0.1, -0.05) is 330 Å². The van der Waals surface area contributed by atoms with Gasteiger partial charge in [0.1, 0.15) is 19.3 Å². The topological polar surface area (TPSA) is 237 Å². The molecule has 19 heteroatoms. The number of ether oxygens (including phenoxy) is 4. The smallest absolute Gasteiger partial charge is 0.462 e. The summed E-state index contributed by atoms with van der Waals surface area (Å²) in [6.07, 6.45) is 53.9. The minimum absolute atomic E-state index is 0.107. The second-order valence-corrected chi connectivity index (χ2v) is 29.7.